The molecule has 1 rings (SSSR count). The minimum absolute atomic E-state index is 0.119. The van der Waals surface area contributed by atoms with Crippen LogP contribution < -0.4 is 9.05 Å². The molecule has 1 aromatic carbocycles. The number of hydrogen-bond donors (Lipinski definition) is 0. The molecular weight excluding hydrogens is 586 g/mol. The van der Waals surface area contributed by atoms with E-state index in [0.29, 0.717) is 0 Å². The van der Waals surface area contributed by atoms with Crippen LogP contribution in [0.2, 0.25) is 0 Å². The van der Waals surface area contributed by atoms with Crippen molar-refractivity contribution in [3.8, 4) is 11.5 Å². The zero-order chi connectivity index (χ0) is 22.6. The van der Waals surface area contributed by atoms with Gasteiger partial charge in [-0.3, -0.25) is 0 Å². The van der Waals surface area contributed by atoms with Crippen molar-refractivity contribution in [3.63, 3.8) is 0 Å². The third-order valence-corrected chi connectivity index (χ3v) is 9.30. The number of halogens is 1. The first-order valence-electron chi connectivity index (χ1n) is 9.62. The molecule has 0 amide bonds. The molecule has 0 N–H and O–H groups in total. The van der Waals surface area contributed by atoms with Crippen molar-refractivity contribution in [2.75, 3.05) is 0 Å². The molecule has 28 heavy (non-hydrogen) atoms. The SMILES string of the molecule is CC(C)(C)P(Oc1cccc(OP(C(C)(C)C)C(C)(C)C)c1)C(C)(C)C.[Cl][Ir]. The van der Waals surface area contributed by atoms with Gasteiger partial charge in [-0.2, -0.15) is 0 Å². The quantitative estimate of drug-likeness (QED) is 0.311. The fourth-order valence-corrected chi connectivity index (χ4v) is 9.13. The summed E-state index contributed by atoms with van der Waals surface area (Å²) in [6.07, 6.45) is 0. The molecule has 1 aromatic rings. The minimum atomic E-state index is -0.647. The number of benzene rings is 1. The van der Waals surface area contributed by atoms with E-state index in [1.54, 1.807) is 0 Å². The molecule has 6 heteroatoms. The first-order valence-corrected chi connectivity index (χ1v) is 15.1. The average Bonchev–Trinajstić information content (AvgIpc) is 2.48. The van der Waals surface area contributed by atoms with E-state index in [4.69, 9.17) is 9.05 Å². The molecule has 0 fully saturated rings. The molecule has 0 saturated heterocycles. The van der Waals surface area contributed by atoms with E-state index in [1.807, 2.05) is 6.07 Å². The summed E-state index contributed by atoms with van der Waals surface area (Å²) >= 11 is 1.47. The average molecular weight is 626 g/mol. The second-order valence-electron chi connectivity index (χ2n) is 10.9. The molecule has 0 spiro atoms. The first kappa shape index (κ1) is 28.6. The van der Waals surface area contributed by atoms with Crippen LogP contribution in [0.3, 0.4) is 0 Å². The zero-order valence-corrected chi connectivity index (χ0v) is 24.7. The van der Waals surface area contributed by atoms with Crippen molar-refractivity contribution in [2.45, 2.75) is 104 Å². The van der Waals surface area contributed by atoms with Crippen LogP contribution in [0.4, 0.5) is 0 Å². The predicted molar refractivity (Wildman–Crippen MR) is 126 cm³/mol. The van der Waals surface area contributed by atoms with Gasteiger partial charge in [0.25, 0.3) is 0 Å². The summed E-state index contributed by atoms with van der Waals surface area (Å²) < 4.78 is 13.1. The van der Waals surface area contributed by atoms with Crippen molar-refractivity contribution in [1.29, 1.82) is 0 Å². The van der Waals surface area contributed by atoms with Crippen LogP contribution in [0.15, 0.2) is 24.3 Å². The van der Waals surface area contributed by atoms with Crippen LogP contribution in [-0.4, -0.2) is 20.6 Å². The fraction of sp³-hybridized carbons (Fsp3) is 0.727. The summed E-state index contributed by atoms with van der Waals surface area (Å²) in [5, 5.41) is 0.476. The Morgan fingerprint density at radius 3 is 1.07 bits per heavy atom. The molecular formula is C22H40ClIrO2P2. The number of hydrogen-bond acceptors (Lipinski definition) is 2. The van der Waals surface area contributed by atoms with Gasteiger partial charge in [-0.05, 0) is 12.1 Å². The van der Waals surface area contributed by atoms with E-state index in [9.17, 15) is 0 Å². The van der Waals surface area contributed by atoms with Crippen LogP contribution >= 0.6 is 25.9 Å². The topological polar surface area (TPSA) is 18.5 Å². The van der Waals surface area contributed by atoms with Crippen molar-refractivity contribution >= 4 is 25.9 Å². The normalized spacial score (nSPS) is 13.3. The van der Waals surface area contributed by atoms with E-state index < -0.39 is 16.3 Å². The molecule has 0 aromatic heterocycles. The summed E-state index contributed by atoms with van der Waals surface area (Å²) in [7, 11) is 3.34. The first-order chi connectivity index (χ1) is 12.4. The van der Waals surface area contributed by atoms with E-state index in [2.05, 4.69) is 111 Å². The van der Waals surface area contributed by atoms with E-state index in [-0.39, 0.29) is 20.6 Å². The van der Waals surface area contributed by atoms with Gasteiger partial charge in [-0.25, -0.2) is 0 Å². The zero-order valence-electron chi connectivity index (χ0n) is 19.7. The standard InChI is InChI=1S/C22H40O2P2.ClH.Ir/c1-19(2,3)25(20(4,5)6)23-17-14-13-15-18(16-17)24-26(21(7,8)9)22(10,11)12;;/h13-16H,1-12H3;1H;/q;;+1/p-1. The molecule has 0 radical (unpaired) electrons. The molecule has 0 unspecified atom stereocenters. The molecule has 0 heterocycles. The third-order valence-electron chi connectivity index (χ3n) is 3.64. The van der Waals surface area contributed by atoms with Crippen LogP contribution in [0, 0.1) is 0 Å². The Labute approximate surface area is 191 Å². The summed E-state index contributed by atoms with van der Waals surface area (Å²) in [6.45, 7) is 27.2. The van der Waals surface area contributed by atoms with Crippen LogP contribution in [0.5, 0.6) is 11.5 Å². The van der Waals surface area contributed by atoms with Gasteiger partial charge in [0, 0.05) is 26.7 Å². The Morgan fingerprint density at radius 1 is 0.607 bits per heavy atom. The van der Waals surface area contributed by atoms with Gasteiger partial charge < -0.3 is 9.05 Å². The summed E-state index contributed by atoms with van der Waals surface area (Å²) in [5.74, 6) is 1.83. The number of rotatable bonds is 4. The molecule has 166 valence electrons. The van der Waals surface area contributed by atoms with Gasteiger partial charge in [-0.15, -0.1) is 0 Å². The maximum absolute atomic E-state index is 6.53. The maximum atomic E-state index is 6.53. The monoisotopic (exact) mass is 626 g/mol. The Bertz CT molecular complexity index is 519. The Morgan fingerprint density at radius 2 is 0.857 bits per heavy atom. The fourth-order valence-electron chi connectivity index (χ4n) is 3.36. The van der Waals surface area contributed by atoms with E-state index in [1.165, 1.54) is 17.9 Å². The van der Waals surface area contributed by atoms with Gasteiger partial charge >= 0.3 is 27.5 Å². The van der Waals surface area contributed by atoms with Crippen LogP contribution in [0.25, 0.3) is 0 Å². The second kappa shape index (κ2) is 10.8. The summed E-state index contributed by atoms with van der Waals surface area (Å²) in [4.78, 5) is 0. The van der Waals surface area contributed by atoms with Gasteiger partial charge in [0.1, 0.15) is 11.5 Å². The molecule has 0 bridgehead atoms. The Kier molecular flexibility index (Phi) is 11.0. The van der Waals surface area contributed by atoms with Crippen molar-refractivity contribution in [2.24, 2.45) is 0 Å². The van der Waals surface area contributed by atoms with Crippen molar-refractivity contribution in [1.82, 2.24) is 0 Å². The molecule has 0 aliphatic heterocycles. The molecule has 0 saturated carbocycles. The van der Waals surface area contributed by atoms with E-state index >= 15 is 0 Å². The van der Waals surface area contributed by atoms with Gasteiger partial charge in [0.15, 0.2) is 0 Å². The van der Waals surface area contributed by atoms with Crippen molar-refractivity contribution < 1.29 is 26.9 Å². The third kappa shape index (κ3) is 9.62. The van der Waals surface area contributed by atoms with Crippen LogP contribution in [-0.2, 0) is 17.9 Å². The summed E-state index contributed by atoms with van der Waals surface area (Å²) in [5.41, 5.74) is 0. The van der Waals surface area contributed by atoms with Gasteiger partial charge in [0.05, 0.1) is 16.3 Å². The predicted octanol–water partition coefficient (Wildman–Crippen LogP) is 9.12. The molecule has 0 aliphatic carbocycles. The van der Waals surface area contributed by atoms with Crippen molar-refractivity contribution in [3.05, 3.63) is 24.3 Å². The van der Waals surface area contributed by atoms with E-state index in [0.717, 1.165) is 11.5 Å². The summed E-state index contributed by atoms with van der Waals surface area (Å²) in [6, 6.07) is 8.22. The Hall–Kier alpha value is 0.619. The molecule has 2 nitrogen and oxygen atoms in total. The van der Waals surface area contributed by atoms with Gasteiger partial charge in [0.2, 0.25) is 0 Å². The second-order valence-corrected chi connectivity index (χ2v) is 17.8. The van der Waals surface area contributed by atoms with Crippen LogP contribution in [0.1, 0.15) is 83.1 Å². The Balaban J connectivity index is 0.00000352. The molecule has 0 atom stereocenters. The molecule has 0 aliphatic rings. The van der Waals surface area contributed by atoms with Gasteiger partial charge in [-0.1, -0.05) is 89.2 Å².